The Morgan fingerprint density at radius 1 is 1.12 bits per heavy atom. The first-order valence-corrected chi connectivity index (χ1v) is 6.73. The highest BCUT2D eigenvalue weighted by Gasteiger charge is 2.23. The summed E-state index contributed by atoms with van der Waals surface area (Å²) in [7, 11) is 0. The van der Waals surface area contributed by atoms with Crippen molar-refractivity contribution in [2.45, 2.75) is 44.6 Å². The third-order valence-electron chi connectivity index (χ3n) is 4.02. The normalized spacial score (nSPS) is 23.0. The van der Waals surface area contributed by atoms with E-state index in [1.165, 1.54) is 51.6 Å². The van der Waals surface area contributed by atoms with E-state index in [-0.39, 0.29) is 0 Å². The Balaban J connectivity index is 1.75. The molecule has 0 bridgehead atoms. The molecule has 90 valence electrons. The highest BCUT2D eigenvalue weighted by molar-refractivity contribution is 4.85. The maximum Gasteiger partial charge on any atom is 0.0868 e. The lowest BCUT2D eigenvalue weighted by atomic mass is 10.2. The third-order valence-corrected chi connectivity index (χ3v) is 4.02. The van der Waals surface area contributed by atoms with Crippen LogP contribution in [0.3, 0.4) is 0 Å². The zero-order valence-electron chi connectivity index (χ0n) is 10.2. The Morgan fingerprint density at radius 2 is 1.81 bits per heavy atom. The van der Waals surface area contributed by atoms with Gasteiger partial charge in [-0.05, 0) is 38.8 Å². The van der Waals surface area contributed by atoms with Gasteiger partial charge < -0.3 is 4.90 Å². The summed E-state index contributed by atoms with van der Waals surface area (Å²) in [6.07, 6.45) is 8.05. The minimum absolute atomic E-state index is 0.624. The second-order valence-electron chi connectivity index (χ2n) is 5.12. The number of hydrogen-bond acceptors (Lipinski definition) is 3. The van der Waals surface area contributed by atoms with E-state index < -0.39 is 0 Å². The Morgan fingerprint density at radius 3 is 2.44 bits per heavy atom. The molecule has 3 heteroatoms. The molecular formula is C13H23N3. The number of nitrogens with zero attached hydrogens (tertiary/aromatic N) is 3. The van der Waals surface area contributed by atoms with Crippen molar-refractivity contribution in [3.05, 3.63) is 0 Å². The van der Waals surface area contributed by atoms with Gasteiger partial charge in [0.25, 0.3) is 0 Å². The SMILES string of the molecule is N#CCN(CCN1CCCC1)C1CCCC1. The molecule has 0 atom stereocenters. The monoisotopic (exact) mass is 221 g/mol. The molecule has 0 radical (unpaired) electrons. The highest BCUT2D eigenvalue weighted by atomic mass is 15.2. The van der Waals surface area contributed by atoms with Crippen molar-refractivity contribution in [1.82, 2.24) is 9.80 Å². The van der Waals surface area contributed by atoms with Crippen LogP contribution in [-0.2, 0) is 0 Å². The van der Waals surface area contributed by atoms with Crippen molar-refractivity contribution in [2.75, 3.05) is 32.7 Å². The van der Waals surface area contributed by atoms with Gasteiger partial charge in [-0.25, -0.2) is 0 Å². The van der Waals surface area contributed by atoms with E-state index in [0.29, 0.717) is 12.6 Å². The second kappa shape index (κ2) is 6.22. The van der Waals surface area contributed by atoms with Gasteiger partial charge in [0.05, 0.1) is 12.6 Å². The Labute approximate surface area is 99.0 Å². The van der Waals surface area contributed by atoms with Crippen LogP contribution in [0.5, 0.6) is 0 Å². The molecule has 1 aliphatic carbocycles. The first-order chi connectivity index (χ1) is 7.90. The van der Waals surface area contributed by atoms with Gasteiger partial charge in [-0.2, -0.15) is 5.26 Å². The lowest BCUT2D eigenvalue weighted by Gasteiger charge is -2.28. The molecule has 0 aromatic heterocycles. The van der Waals surface area contributed by atoms with Gasteiger partial charge in [-0.3, -0.25) is 4.90 Å². The fourth-order valence-corrected chi connectivity index (χ4v) is 3.03. The number of rotatable bonds is 5. The maximum atomic E-state index is 8.88. The zero-order chi connectivity index (χ0) is 11.2. The Kier molecular flexibility index (Phi) is 4.62. The summed E-state index contributed by atoms with van der Waals surface area (Å²) in [5.41, 5.74) is 0. The van der Waals surface area contributed by atoms with Crippen LogP contribution in [0.4, 0.5) is 0 Å². The van der Waals surface area contributed by atoms with E-state index in [9.17, 15) is 0 Å². The van der Waals surface area contributed by atoms with Crippen LogP contribution in [0.25, 0.3) is 0 Å². The van der Waals surface area contributed by atoms with Crippen molar-refractivity contribution in [1.29, 1.82) is 5.26 Å². The quantitative estimate of drug-likeness (QED) is 0.664. The van der Waals surface area contributed by atoms with Gasteiger partial charge in [0, 0.05) is 19.1 Å². The molecule has 1 saturated carbocycles. The highest BCUT2D eigenvalue weighted by Crippen LogP contribution is 2.23. The summed E-state index contributed by atoms with van der Waals surface area (Å²) >= 11 is 0. The van der Waals surface area contributed by atoms with E-state index >= 15 is 0 Å². The lowest BCUT2D eigenvalue weighted by molar-refractivity contribution is 0.190. The molecule has 1 heterocycles. The maximum absolute atomic E-state index is 8.88. The molecule has 16 heavy (non-hydrogen) atoms. The van der Waals surface area contributed by atoms with Gasteiger partial charge in [-0.1, -0.05) is 12.8 Å². The largest absolute Gasteiger partial charge is 0.302 e. The zero-order valence-corrected chi connectivity index (χ0v) is 10.2. The van der Waals surface area contributed by atoms with E-state index in [0.717, 1.165) is 13.1 Å². The minimum atomic E-state index is 0.624. The molecule has 1 aliphatic heterocycles. The molecule has 0 aromatic carbocycles. The van der Waals surface area contributed by atoms with Crippen molar-refractivity contribution < 1.29 is 0 Å². The van der Waals surface area contributed by atoms with Crippen LogP contribution in [0.1, 0.15) is 38.5 Å². The van der Waals surface area contributed by atoms with E-state index in [4.69, 9.17) is 5.26 Å². The summed E-state index contributed by atoms with van der Waals surface area (Å²) in [6, 6.07) is 3.02. The summed E-state index contributed by atoms with van der Waals surface area (Å²) in [5.74, 6) is 0. The van der Waals surface area contributed by atoms with Crippen LogP contribution in [-0.4, -0.2) is 48.6 Å². The molecule has 2 aliphatic rings. The summed E-state index contributed by atoms with van der Waals surface area (Å²) in [5, 5.41) is 8.88. The molecule has 0 unspecified atom stereocenters. The smallest absolute Gasteiger partial charge is 0.0868 e. The molecule has 2 rings (SSSR count). The van der Waals surface area contributed by atoms with Crippen molar-refractivity contribution in [3.8, 4) is 6.07 Å². The standard InChI is InChI=1S/C13H23N3/c14-7-10-16(13-5-1-2-6-13)12-11-15-8-3-4-9-15/h13H,1-6,8-12H2. The topological polar surface area (TPSA) is 30.3 Å². The Bertz CT molecular complexity index is 234. The average molecular weight is 221 g/mol. The van der Waals surface area contributed by atoms with Crippen molar-refractivity contribution >= 4 is 0 Å². The molecule has 1 saturated heterocycles. The molecular weight excluding hydrogens is 198 g/mol. The summed E-state index contributed by atoms with van der Waals surface area (Å²) in [4.78, 5) is 4.95. The van der Waals surface area contributed by atoms with Gasteiger partial charge in [0.15, 0.2) is 0 Å². The molecule has 0 aromatic rings. The number of nitriles is 1. The van der Waals surface area contributed by atoms with Crippen molar-refractivity contribution in [3.63, 3.8) is 0 Å². The first-order valence-electron chi connectivity index (χ1n) is 6.73. The summed E-state index contributed by atoms with van der Waals surface area (Å²) < 4.78 is 0. The average Bonchev–Trinajstić information content (AvgIpc) is 2.96. The fourth-order valence-electron chi connectivity index (χ4n) is 3.03. The van der Waals surface area contributed by atoms with Gasteiger partial charge >= 0.3 is 0 Å². The third kappa shape index (κ3) is 3.20. The van der Waals surface area contributed by atoms with E-state index in [1.54, 1.807) is 0 Å². The number of hydrogen-bond donors (Lipinski definition) is 0. The lowest BCUT2D eigenvalue weighted by Crippen LogP contribution is -2.39. The molecule has 0 N–H and O–H groups in total. The van der Waals surface area contributed by atoms with Gasteiger partial charge in [0.1, 0.15) is 0 Å². The molecule has 3 nitrogen and oxygen atoms in total. The van der Waals surface area contributed by atoms with E-state index in [1.807, 2.05) is 0 Å². The van der Waals surface area contributed by atoms with Gasteiger partial charge in [-0.15, -0.1) is 0 Å². The van der Waals surface area contributed by atoms with Crippen molar-refractivity contribution in [2.24, 2.45) is 0 Å². The van der Waals surface area contributed by atoms with Crippen LogP contribution in [0.2, 0.25) is 0 Å². The van der Waals surface area contributed by atoms with Gasteiger partial charge in [0.2, 0.25) is 0 Å². The molecule has 0 spiro atoms. The summed E-state index contributed by atoms with van der Waals surface area (Å²) in [6.45, 7) is 5.42. The van der Waals surface area contributed by atoms with Crippen LogP contribution in [0, 0.1) is 11.3 Å². The molecule has 2 fully saturated rings. The predicted octanol–water partition coefficient (Wildman–Crippen LogP) is 1.85. The minimum Gasteiger partial charge on any atom is -0.302 e. The van der Waals surface area contributed by atoms with Crippen LogP contribution in [0.15, 0.2) is 0 Å². The predicted molar refractivity (Wildman–Crippen MR) is 65.1 cm³/mol. The fraction of sp³-hybridized carbons (Fsp3) is 0.923. The molecule has 0 amide bonds. The van der Waals surface area contributed by atoms with Crippen LogP contribution >= 0.6 is 0 Å². The first kappa shape index (κ1) is 11.9. The van der Waals surface area contributed by atoms with Crippen LogP contribution < -0.4 is 0 Å². The second-order valence-corrected chi connectivity index (χ2v) is 5.12. The Hall–Kier alpha value is -0.590. The number of likely N-dealkylation sites (tertiary alicyclic amines) is 1. The van der Waals surface area contributed by atoms with E-state index in [2.05, 4.69) is 15.9 Å².